The molecule has 20 heavy (non-hydrogen) atoms. The number of hydrogen-bond acceptors (Lipinski definition) is 5. The Kier molecular flexibility index (Phi) is 10.4. The van der Waals surface area contributed by atoms with Gasteiger partial charge in [-0.25, -0.2) is 0 Å². The minimum absolute atomic E-state index is 0.454. The van der Waals surface area contributed by atoms with E-state index >= 15 is 0 Å². The zero-order valence-corrected chi connectivity index (χ0v) is 13.4. The SMILES string of the molecule is C=CC[C@@H](O)C(C)(C)C=O.COC(OC)C(C)(C)C=O. The molecule has 0 saturated heterocycles. The van der Waals surface area contributed by atoms with Crippen LogP contribution in [0.3, 0.4) is 0 Å². The van der Waals surface area contributed by atoms with Gasteiger partial charge in [0.1, 0.15) is 12.6 Å². The first-order chi connectivity index (χ1) is 9.12. The van der Waals surface area contributed by atoms with Crippen LogP contribution in [-0.2, 0) is 19.1 Å². The molecule has 0 aromatic rings. The van der Waals surface area contributed by atoms with Crippen molar-refractivity contribution in [2.45, 2.75) is 46.5 Å². The average Bonchev–Trinajstić information content (AvgIpc) is 2.40. The van der Waals surface area contributed by atoms with Crippen molar-refractivity contribution in [3.8, 4) is 0 Å². The van der Waals surface area contributed by atoms with Crippen LogP contribution >= 0.6 is 0 Å². The van der Waals surface area contributed by atoms with Crippen molar-refractivity contribution < 1.29 is 24.2 Å². The van der Waals surface area contributed by atoms with Gasteiger partial charge in [0.2, 0.25) is 0 Å². The summed E-state index contributed by atoms with van der Waals surface area (Å²) in [5.74, 6) is 0. The smallest absolute Gasteiger partial charge is 0.168 e. The molecule has 1 atom stereocenters. The summed E-state index contributed by atoms with van der Waals surface area (Å²) in [5, 5.41) is 9.27. The Morgan fingerprint density at radius 2 is 1.45 bits per heavy atom. The fraction of sp³-hybridized carbons (Fsp3) is 0.733. The molecule has 0 unspecified atom stereocenters. The largest absolute Gasteiger partial charge is 0.392 e. The molecule has 0 aliphatic carbocycles. The molecule has 5 nitrogen and oxygen atoms in total. The van der Waals surface area contributed by atoms with E-state index in [1.54, 1.807) is 33.8 Å². The molecule has 0 saturated carbocycles. The van der Waals surface area contributed by atoms with Crippen molar-refractivity contribution in [2.24, 2.45) is 10.8 Å². The lowest BCUT2D eigenvalue weighted by atomic mass is 9.87. The zero-order chi connectivity index (χ0) is 16.4. The van der Waals surface area contributed by atoms with Crippen LogP contribution in [0.25, 0.3) is 0 Å². The lowest BCUT2D eigenvalue weighted by molar-refractivity contribution is -0.169. The van der Waals surface area contributed by atoms with Crippen LogP contribution in [-0.4, -0.2) is 44.3 Å². The van der Waals surface area contributed by atoms with Crippen LogP contribution in [0.4, 0.5) is 0 Å². The van der Waals surface area contributed by atoms with Crippen molar-refractivity contribution >= 4 is 12.6 Å². The lowest BCUT2D eigenvalue weighted by Crippen LogP contribution is -2.33. The number of ether oxygens (including phenoxy) is 2. The highest BCUT2D eigenvalue weighted by atomic mass is 16.7. The summed E-state index contributed by atoms with van der Waals surface area (Å²) < 4.78 is 9.80. The highest BCUT2D eigenvalue weighted by Crippen LogP contribution is 2.20. The quantitative estimate of drug-likeness (QED) is 0.420. The van der Waals surface area contributed by atoms with Gasteiger partial charge < -0.3 is 24.2 Å². The van der Waals surface area contributed by atoms with Crippen LogP contribution in [0, 0.1) is 10.8 Å². The highest BCUT2D eigenvalue weighted by molar-refractivity contribution is 5.59. The van der Waals surface area contributed by atoms with E-state index in [1.807, 2.05) is 0 Å². The van der Waals surface area contributed by atoms with Crippen LogP contribution in [0.1, 0.15) is 34.1 Å². The van der Waals surface area contributed by atoms with Crippen LogP contribution in [0.15, 0.2) is 12.7 Å². The zero-order valence-electron chi connectivity index (χ0n) is 13.4. The number of carbonyl (C=O) groups is 2. The number of carbonyl (C=O) groups excluding carboxylic acids is 2. The van der Waals surface area contributed by atoms with Crippen molar-refractivity contribution in [2.75, 3.05) is 14.2 Å². The van der Waals surface area contributed by atoms with Gasteiger partial charge in [0.15, 0.2) is 6.29 Å². The topological polar surface area (TPSA) is 72.8 Å². The second-order valence-electron chi connectivity index (χ2n) is 5.72. The molecule has 118 valence electrons. The second-order valence-corrected chi connectivity index (χ2v) is 5.72. The van der Waals surface area contributed by atoms with E-state index in [1.165, 1.54) is 14.2 Å². The Morgan fingerprint density at radius 1 is 1.05 bits per heavy atom. The maximum atomic E-state index is 10.4. The molecule has 0 bridgehead atoms. The summed E-state index contributed by atoms with van der Waals surface area (Å²) >= 11 is 0. The van der Waals surface area contributed by atoms with Crippen molar-refractivity contribution in [3.63, 3.8) is 0 Å². The maximum Gasteiger partial charge on any atom is 0.168 e. The number of aliphatic hydroxyl groups excluding tert-OH is 1. The molecule has 0 fully saturated rings. The Labute approximate surface area is 122 Å². The summed E-state index contributed by atoms with van der Waals surface area (Å²) in [6, 6.07) is 0. The molecule has 0 heterocycles. The lowest BCUT2D eigenvalue weighted by Gasteiger charge is -2.25. The molecule has 0 radical (unpaired) electrons. The molecule has 5 heteroatoms. The standard InChI is InChI=1S/C8H14O2.C7H14O3/c1-4-5-7(10)8(2,3)6-9;1-7(2,5-8)6(9-3)10-4/h4,6-7,10H,1,5H2,2-3H3;5-6H,1-4H3/t7-;/m1./s1. The van der Waals surface area contributed by atoms with Gasteiger partial charge in [0.05, 0.1) is 11.5 Å². The molecule has 1 N–H and O–H groups in total. The van der Waals surface area contributed by atoms with Crippen molar-refractivity contribution in [1.82, 2.24) is 0 Å². The average molecular weight is 288 g/mol. The molecular formula is C15H28O5. The fourth-order valence-electron chi connectivity index (χ4n) is 1.30. The predicted molar refractivity (Wildman–Crippen MR) is 78.3 cm³/mol. The van der Waals surface area contributed by atoms with Crippen molar-refractivity contribution in [1.29, 1.82) is 0 Å². The Hall–Kier alpha value is -1.04. The van der Waals surface area contributed by atoms with Gasteiger partial charge in [-0.15, -0.1) is 6.58 Å². The summed E-state index contributed by atoms with van der Waals surface area (Å²) in [4.78, 5) is 20.8. The minimum Gasteiger partial charge on any atom is -0.392 e. The molecule has 0 spiro atoms. The molecule has 0 amide bonds. The van der Waals surface area contributed by atoms with E-state index < -0.39 is 23.2 Å². The number of aldehydes is 2. The number of aliphatic hydroxyl groups is 1. The molecule has 0 rings (SSSR count). The Balaban J connectivity index is 0. The monoisotopic (exact) mass is 288 g/mol. The third-order valence-electron chi connectivity index (χ3n) is 2.89. The van der Waals surface area contributed by atoms with Crippen LogP contribution in [0.2, 0.25) is 0 Å². The summed E-state index contributed by atoms with van der Waals surface area (Å²) in [6.07, 6.45) is 2.60. The van der Waals surface area contributed by atoms with E-state index in [4.69, 9.17) is 9.47 Å². The number of hydrogen-bond donors (Lipinski definition) is 1. The Morgan fingerprint density at radius 3 is 1.65 bits per heavy atom. The summed E-state index contributed by atoms with van der Waals surface area (Å²) in [7, 11) is 3.03. The molecular weight excluding hydrogens is 260 g/mol. The summed E-state index contributed by atoms with van der Waals surface area (Å²) in [6.45, 7) is 10.4. The predicted octanol–water partition coefficient (Wildman–Crippen LogP) is 1.98. The van der Waals surface area contributed by atoms with Crippen LogP contribution < -0.4 is 0 Å². The molecule has 0 aliphatic heterocycles. The minimum atomic E-state index is -0.645. The number of rotatable bonds is 8. The maximum absolute atomic E-state index is 10.4. The second kappa shape index (κ2) is 9.80. The molecule has 0 aromatic carbocycles. The van der Waals surface area contributed by atoms with Crippen LogP contribution in [0.5, 0.6) is 0 Å². The third kappa shape index (κ3) is 7.53. The van der Waals surface area contributed by atoms with Gasteiger partial charge in [-0.1, -0.05) is 19.9 Å². The summed E-state index contributed by atoms with van der Waals surface area (Å²) in [5.41, 5.74) is -1.21. The van der Waals surface area contributed by atoms with Gasteiger partial charge in [0.25, 0.3) is 0 Å². The van der Waals surface area contributed by atoms with Gasteiger partial charge in [-0.2, -0.15) is 0 Å². The van der Waals surface area contributed by atoms with E-state index in [0.717, 1.165) is 12.6 Å². The van der Waals surface area contributed by atoms with Gasteiger partial charge in [-0.3, -0.25) is 0 Å². The number of methoxy groups -OCH3 is 2. The fourth-order valence-corrected chi connectivity index (χ4v) is 1.30. The molecule has 0 aromatic heterocycles. The highest BCUT2D eigenvalue weighted by Gasteiger charge is 2.28. The first kappa shape index (κ1) is 21.3. The first-order valence-electron chi connectivity index (χ1n) is 6.40. The molecule has 0 aliphatic rings. The van der Waals surface area contributed by atoms with Gasteiger partial charge in [0, 0.05) is 19.6 Å². The van der Waals surface area contributed by atoms with E-state index in [-0.39, 0.29) is 0 Å². The van der Waals surface area contributed by atoms with Gasteiger partial charge in [-0.05, 0) is 20.3 Å². The van der Waals surface area contributed by atoms with E-state index in [9.17, 15) is 14.7 Å². The third-order valence-corrected chi connectivity index (χ3v) is 2.89. The van der Waals surface area contributed by atoms with Gasteiger partial charge >= 0.3 is 0 Å². The van der Waals surface area contributed by atoms with Crippen molar-refractivity contribution in [3.05, 3.63) is 12.7 Å². The van der Waals surface area contributed by atoms with E-state index in [0.29, 0.717) is 6.42 Å². The normalized spacial score (nSPS) is 13.2. The first-order valence-corrected chi connectivity index (χ1v) is 6.40. The Bertz CT molecular complexity index is 293. The van der Waals surface area contributed by atoms with E-state index in [2.05, 4.69) is 6.58 Å².